The van der Waals surface area contributed by atoms with Crippen molar-refractivity contribution in [2.24, 2.45) is 0 Å². The molecule has 0 bridgehead atoms. The molecule has 10 heteroatoms. The smallest absolute Gasteiger partial charge is 0.319 e. The highest BCUT2D eigenvalue weighted by atomic mass is 16.5. The molecule has 5 N–H and O–H groups in total. The lowest BCUT2D eigenvalue weighted by molar-refractivity contribution is 0.0909. The Bertz CT molecular complexity index is 1060. The summed E-state index contributed by atoms with van der Waals surface area (Å²) in [6, 6.07) is 7.76. The second-order valence-electron chi connectivity index (χ2n) is 9.28. The number of nitrogens with two attached hydrogens (primary N) is 1. The minimum atomic E-state index is -0.199. The predicted molar refractivity (Wildman–Crippen MR) is 135 cm³/mol. The Kier molecular flexibility index (Phi) is 8.78. The van der Waals surface area contributed by atoms with E-state index in [0.717, 1.165) is 30.7 Å². The molecule has 3 aromatic rings. The summed E-state index contributed by atoms with van der Waals surface area (Å²) in [7, 11) is 1.71. The van der Waals surface area contributed by atoms with Gasteiger partial charge in [-0.3, -0.25) is 0 Å². The lowest BCUT2D eigenvalue weighted by Crippen LogP contribution is -2.33. The Balaban J connectivity index is 1.30. The highest BCUT2D eigenvalue weighted by Gasteiger charge is 2.13. The minimum Gasteiger partial charge on any atom is -0.382 e. The van der Waals surface area contributed by atoms with E-state index in [1.165, 1.54) is 11.9 Å². The molecule has 0 aliphatic heterocycles. The molecule has 2 amide bonds. The summed E-state index contributed by atoms with van der Waals surface area (Å²) in [5.74, 6) is 0.384. The van der Waals surface area contributed by atoms with Gasteiger partial charge in [0.2, 0.25) is 0 Å². The fourth-order valence-corrected chi connectivity index (χ4v) is 3.56. The van der Waals surface area contributed by atoms with Crippen LogP contribution in [0, 0.1) is 0 Å². The minimum absolute atomic E-state index is 0.0453. The summed E-state index contributed by atoms with van der Waals surface area (Å²) in [5.41, 5.74) is 9.29. The molecule has 184 valence electrons. The molecule has 10 nitrogen and oxygen atoms in total. The zero-order valence-electron chi connectivity index (χ0n) is 20.5. The van der Waals surface area contributed by atoms with Gasteiger partial charge in [0.25, 0.3) is 0 Å². The van der Waals surface area contributed by atoms with Gasteiger partial charge < -0.3 is 31.0 Å². The normalized spacial score (nSPS) is 12.6. The molecule has 0 saturated heterocycles. The van der Waals surface area contributed by atoms with Crippen molar-refractivity contribution in [2.75, 3.05) is 37.8 Å². The molecule has 2 aromatic heterocycles. The van der Waals surface area contributed by atoms with E-state index in [2.05, 4.69) is 51.7 Å². The Morgan fingerprint density at radius 3 is 2.62 bits per heavy atom. The summed E-state index contributed by atoms with van der Waals surface area (Å²) in [6.07, 6.45) is 4.83. The maximum Gasteiger partial charge on any atom is 0.319 e. The average molecular weight is 469 g/mol. The fraction of sp³-hybridized carbons (Fsp3) is 0.500. The molecule has 0 radical (unpaired) electrons. The van der Waals surface area contributed by atoms with Gasteiger partial charge in [0.05, 0.1) is 12.4 Å². The van der Waals surface area contributed by atoms with Crippen molar-refractivity contribution in [1.29, 1.82) is 0 Å². The number of anilines is 2. The lowest BCUT2D eigenvalue weighted by atomic mass is 9.87. The number of carbonyl (C=O) groups is 1. The van der Waals surface area contributed by atoms with Gasteiger partial charge in [-0.1, -0.05) is 32.9 Å². The summed E-state index contributed by atoms with van der Waals surface area (Å²) in [4.78, 5) is 24.6. The molecule has 0 saturated carbocycles. The fourth-order valence-electron chi connectivity index (χ4n) is 3.56. The highest BCUT2D eigenvalue weighted by Crippen LogP contribution is 2.23. The first-order valence-electron chi connectivity index (χ1n) is 11.6. The van der Waals surface area contributed by atoms with Crippen molar-refractivity contribution < 1.29 is 9.53 Å². The molecular formula is C24H36N8O2. The van der Waals surface area contributed by atoms with Gasteiger partial charge in [0, 0.05) is 32.4 Å². The van der Waals surface area contributed by atoms with Crippen LogP contribution in [0.3, 0.4) is 0 Å². The molecule has 34 heavy (non-hydrogen) atoms. The Labute approximate surface area is 200 Å². The first kappa shape index (κ1) is 25.4. The number of methoxy groups -OCH3 is 1. The monoisotopic (exact) mass is 468 g/mol. The van der Waals surface area contributed by atoms with Crippen molar-refractivity contribution in [2.45, 2.75) is 51.7 Å². The van der Waals surface area contributed by atoms with Crippen molar-refractivity contribution in [3.63, 3.8) is 0 Å². The first-order valence-corrected chi connectivity index (χ1v) is 11.6. The number of amides is 2. The van der Waals surface area contributed by atoms with E-state index in [4.69, 9.17) is 10.5 Å². The standard InChI is InChI=1S/C24H36N8O2/c1-24(2,3)17-6-8-18(9-7-17)31-23(33)27-12-5-11-26-14-19(34-4)10-13-32-16-30-20-21(25)28-15-29-22(20)32/h6-9,15-16,19,26H,5,10-14H2,1-4H3,(H2,25,28,29)(H2,27,31,33). The van der Waals surface area contributed by atoms with Crippen LogP contribution in [-0.4, -0.2) is 58.4 Å². The molecule has 1 unspecified atom stereocenters. The Morgan fingerprint density at radius 2 is 1.91 bits per heavy atom. The number of nitrogen functional groups attached to an aromatic ring is 1. The van der Waals surface area contributed by atoms with E-state index in [0.29, 0.717) is 31.0 Å². The van der Waals surface area contributed by atoms with Crippen LogP contribution in [0.1, 0.15) is 39.2 Å². The van der Waals surface area contributed by atoms with E-state index in [1.807, 2.05) is 28.8 Å². The van der Waals surface area contributed by atoms with Crippen LogP contribution in [0.5, 0.6) is 0 Å². The maximum absolute atomic E-state index is 12.1. The van der Waals surface area contributed by atoms with E-state index < -0.39 is 0 Å². The van der Waals surface area contributed by atoms with Crippen molar-refractivity contribution in [1.82, 2.24) is 30.2 Å². The number of benzene rings is 1. The van der Waals surface area contributed by atoms with E-state index in [1.54, 1.807) is 13.4 Å². The number of fused-ring (bicyclic) bond motifs is 1. The van der Waals surface area contributed by atoms with Gasteiger partial charge in [-0.2, -0.15) is 0 Å². The van der Waals surface area contributed by atoms with E-state index >= 15 is 0 Å². The molecule has 0 aliphatic carbocycles. The molecule has 0 spiro atoms. The Hall–Kier alpha value is -3.24. The quantitative estimate of drug-likeness (QED) is 0.318. The molecule has 0 fully saturated rings. The van der Waals surface area contributed by atoms with Crippen LogP contribution in [-0.2, 0) is 16.7 Å². The number of ether oxygens (including phenoxy) is 1. The maximum atomic E-state index is 12.1. The number of carbonyl (C=O) groups excluding carboxylic acids is 1. The molecule has 2 heterocycles. The third-order valence-electron chi connectivity index (χ3n) is 5.65. The number of aryl methyl sites for hydroxylation is 1. The summed E-state index contributed by atoms with van der Waals surface area (Å²) in [6.45, 7) is 9.28. The SMILES string of the molecule is COC(CCn1cnc2c(N)ncnc21)CNCCCNC(=O)Nc1ccc(C(C)(C)C)cc1. The zero-order valence-corrected chi connectivity index (χ0v) is 20.5. The molecule has 1 atom stereocenters. The largest absolute Gasteiger partial charge is 0.382 e. The molecule has 1 aromatic carbocycles. The van der Waals surface area contributed by atoms with Crippen molar-refractivity contribution in [3.05, 3.63) is 42.5 Å². The first-order chi connectivity index (χ1) is 16.3. The number of hydrogen-bond acceptors (Lipinski definition) is 7. The summed E-state index contributed by atoms with van der Waals surface area (Å²) in [5, 5.41) is 9.15. The molecule has 0 aliphatic rings. The topological polar surface area (TPSA) is 132 Å². The number of urea groups is 1. The summed E-state index contributed by atoms with van der Waals surface area (Å²) >= 11 is 0. The molecular weight excluding hydrogens is 432 g/mol. The van der Waals surface area contributed by atoms with Crippen molar-refractivity contribution in [3.8, 4) is 0 Å². The number of rotatable bonds is 11. The van der Waals surface area contributed by atoms with Crippen LogP contribution in [0.4, 0.5) is 16.3 Å². The van der Waals surface area contributed by atoms with Crippen LogP contribution in [0.25, 0.3) is 11.2 Å². The number of aromatic nitrogens is 4. The van der Waals surface area contributed by atoms with Crippen LogP contribution < -0.4 is 21.7 Å². The van der Waals surface area contributed by atoms with E-state index in [9.17, 15) is 4.79 Å². The van der Waals surface area contributed by atoms with Gasteiger partial charge >= 0.3 is 6.03 Å². The third-order valence-corrected chi connectivity index (χ3v) is 5.65. The Morgan fingerprint density at radius 1 is 1.15 bits per heavy atom. The second kappa shape index (κ2) is 11.8. The lowest BCUT2D eigenvalue weighted by Gasteiger charge is -2.19. The number of imidazole rings is 1. The van der Waals surface area contributed by atoms with Crippen molar-refractivity contribution >= 4 is 28.7 Å². The molecule has 3 rings (SSSR count). The van der Waals surface area contributed by atoms with Gasteiger partial charge in [0.1, 0.15) is 11.8 Å². The zero-order chi connectivity index (χ0) is 24.6. The van der Waals surface area contributed by atoms with Gasteiger partial charge in [-0.05, 0) is 42.5 Å². The van der Waals surface area contributed by atoms with Crippen LogP contribution in [0.15, 0.2) is 36.9 Å². The highest BCUT2D eigenvalue weighted by molar-refractivity contribution is 5.89. The van der Waals surface area contributed by atoms with Gasteiger partial charge in [-0.15, -0.1) is 0 Å². The predicted octanol–water partition coefficient (Wildman–Crippen LogP) is 2.91. The van der Waals surface area contributed by atoms with Gasteiger partial charge in [0.15, 0.2) is 11.5 Å². The second-order valence-corrected chi connectivity index (χ2v) is 9.28. The number of hydrogen-bond donors (Lipinski definition) is 4. The third kappa shape index (κ3) is 7.13. The summed E-state index contributed by atoms with van der Waals surface area (Å²) < 4.78 is 7.55. The van der Waals surface area contributed by atoms with E-state index in [-0.39, 0.29) is 17.6 Å². The number of nitrogens with one attached hydrogen (secondary N) is 3. The van der Waals surface area contributed by atoms with Gasteiger partial charge in [-0.25, -0.2) is 19.7 Å². The van der Waals surface area contributed by atoms with Crippen LogP contribution in [0.2, 0.25) is 0 Å². The van der Waals surface area contributed by atoms with Crippen LogP contribution >= 0.6 is 0 Å². The number of nitrogens with zero attached hydrogens (tertiary/aromatic N) is 4. The average Bonchev–Trinajstić information content (AvgIpc) is 3.22.